The Morgan fingerprint density at radius 1 is 0.644 bits per heavy atom. The second kappa shape index (κ2) is 13.1. The molecule has 0 spiro atoms. The number of ether oxygens (including phenoxy) is 4. The van der Waals surface area contributed by atoms with Crippen molar-refractivity contribution in [2.75, 3.05) is 28.4 Å². The summed E-state index contributed by atoms with van der Waals surface area (Å²) in [6.45, 7) is 0. The van der Waals surface area contributed by atoms with Crippen molar-refractivity contribution in [2.45, 2.75) is 0 Å². The first-order chi connectivity index (χ1) is 22.0. The van der Waals surface area contributed by atoms with Crippen LogP contribution in [0.15, 0.2) is 67.1 Å². The van der Waals surface area contributed by atoms with Gasteiger partial charge in [-0.15, -0.1) is 0 Å². The van der Waals surface area contributed by atoms with Gasteiger partial charge >= 0.3 is 0 Å². The zero-order valence-electron chi connectivity index (χ0n) is 24.3. The van der Waals surface area contributed by atoms with E-state index in [0.717, 1.165) is 46.0 Å². The molecule has 0 fully saturated rings. The summed E-state index contributed by atoms with van der Waals surface area (Å²) in [4.78, 5) is 14.5. The SMILES string of the molecule is COc1ccc(-c2nn3c(-c4ccc(C#N)nc4)cnc3s2)cc1OC.COc1ccc(-c2nn3c(I)cnc3s2)cc1OC. The Bertz CT molecular complexity index is 2160. The standard InChI is InChI=1S/C18H13N5O2S.C12H10IN3O2S/c1-24-15-6-4-11(7-16(15)25-2)17-22-23-14(10-21-18(23)26-17)12-3-5-13(8-19)20-9-12;1-17-8-4-3-7(5-9(8)18-2)11-15-16-10(13)6-14-12(16)19-11/h3-7,9-10H,1-2H3;3-6H,1-2H3. The van der Waals surface area contributed by atoms with Crippen LogP contribution >= 0.6 is 45.3 Å². The summed E-state index contributed by atoms with van der Waals surface area (Å²) in [5.41, 5.74) is 3.95. The summed E-state index contributed by atoms with van der Waals surface area (Å²) in [5, 5.41) is 19.8. The lowest BCUT2D eigenvalue weighted by Crippen LogP contribution is -1.92. The average molecular weight is 751 g/mol. The van der Waals surface area contributed by atoms with Gasteiger partial charge in [0, 0.05) is 22.9 Å². The number of halogens is 1. The van der Waals surface area contributed by atoms with E-state index in [-0.39, 0.29) is 0 Å². The molecule has 7 aromatic rings. The van der Waals surface area contributed by atoms with Crippen LogP contribution in [0.4, 0.5) is 0 Å². The fraction of sp³-hybridized carbons (Fsp3) is 0.133. The molecule has 0 aliphatic rings. The normalized spacial score (nSPS) is 10.8. The minimum Gasteiger partial charge on any atom is -0.493 e. The number of aromatic nitrogens is 7. The predicted molar refractivity (Wildman–Crippen MR) is 179 cm³/mol. The Morgan fingerprint density at radius 3 is 1.69 bits per heavy atom. The van der Waals surface area contributed by atoms with Gasteiger partial charge in [-0.25, -0.2) is 19.5 Å². The number of nitriles is 1. The van der Waals surface area contributed by atoms with Crippen LogP contribution in [0.2, 0.25) is 0 Å². The predicted octanol–water partition coefficient (Wildman–Crippen LogP) is 6.49. The maximum Gasteiger partial charge on any atom is 0.213 e. The van der Waals surface area contributed by atoms with Gasteiger partial charge in [0.15, 0.2) is 23.0 Å². The molecule has 0 saturated heterocycles. The van der Waals surface area contributed by atoms with E-state index in [0.29, 0.717) is 28.7 Å². The van der Waals surface area contributed by atoms with Crippen LogP contribution in [0.25, 0.3) is 42.3 Å². The highest BCUT2D eigenvalue weighted by Crippen LogP contribution is 2.36. The average Bonchev–Trinajstić information content (AvgIpc) is 3.87. The summed E-state index contributed by atoms with van der Waals surface area (Å²) in [6, 6.07) is 17.0. The molecule has 0 unspecified atom stereocenters. The molecule has 0 saturated carbocycles. The molecule has 0 atom stereocenters. The van der Waals surface area contributed by atoms with Crippen molar-refractivity contribution in [1.82, 2.24) is 34.2 Å². The number of hydrogen-bond acceptors (Lipinski definition) is 12. The summed E-state index contributed by atoms with van der Waals surface area (Å²) in [7, 11) is 6.45. The first kappa shape index (κ1) is 30.2. The van der Waals surface area contributed by atoms with Gasteiger partial charge in [-0.2, -0.15) is 20.0 Å². The third kappa shape index (κ3) is 5.99. The zero-order chi connectivity index (χ0) is 31.5. The number of hydrogen-bond donors (Lipinski definition) is 0. The van der Waals surface area contributed by atoms with Crippen molar-refractivity contribution in [3.8, 4) is 61.5 Å². The third-order valence-electron chi connectivity index (χ3n) is 6.56. The summed E-state index contributed by atoms with van der Waals surface area (Å²) in [5.74, 6) is 2.72. The van der Waals surface area contributed by atoms with Crippen LogP contribution < -0.4 is 18.9 Å². The van der Waals surface area contributed by atoms with Gasteiger partial charge in [-0.1, -0.05) is 22.7 Å². The molecule has 0 aliphatic heterocycles. The van der Waals surface area contributed by atoms with Crippen LogP contribution in [0.3, 0.4) is 0 Å². The van der Waals surface area contributed by atoms with Gasteiger partial charge in [0.1, 0.15) is 25.5 Å². The molecule has 0 radical (unpaired) electrons. The molecule has 226 valence electrons. The molecule has 45 heavy (non-hydrogen) atoms. The molecule has 0 aliphatic carbocycles. The number of imidazole rings is 2. The lowest BCUT2D eigenvalue weighted by atomic mass is 10.2. The summed E-state index contributed by atoms with van der Waals surface area (Å²) >= 11 is 5.23. The lowest BCUT2D eigenvalue weighted by molar-refractivity contribution is 0.355. The summed E-state index contributed by atoms with van der Waals surface area (Å²) in [6.07, 6.45) is 5.20. The van der Waals surface area contributed by atoms with Crippen molar-refractivity contribution >= 4 is 55.2 Å². The quantitative estimate of drug-likeness (QED) is 0.167. The Kier molecular flexibility index (Phi) is 8.78. The van der Waals surface area contributed by atoms with Crippen LogP contribution in [0.5, 0.6) is 23.0 Å². The highest BCUT2D eigenvalue weighted by Gasteiger charge is 2.15. The molecule has 2 aromatic carbocycles. The molecular formula is C30H23IN8O4S2. The fourth-order valence-corrected chi connectivity index (χ4v) is 6.72. The number of nitrogens with zero attached hydrogens (tertiary/aromatic N) is 8. The van der Waals surface area contributed by atoms with Gasteiger partial charge in [-0.05, 0) is 71.1 Å². The van der Waals surface area contributed by atoms with Crippen molar-refractivity contribution in [3.63, 3.8) is 0 Å². The molecule has 7 rings (SSSR count). The van der Waals surface area contributed by atoms with E-state index in [2.05, 4.69) is 47.7 Å². The highest BCUT2D eigenvalue weighted by atomic mass is 127. The molecule has 0 amide bonds. The maximum absolute atomic E-state index is 8.88. The smallest absolute Gasteiger partial charge is 0.213 e. The number of methoxy groups -OCH3 is 4. The van der Waals surface area contributed by atoms with Gasteiger partial charge in [0.05, 0.1) is 46.5 Å². The maximum atomic E-state index is 8.88. The lowest BCUT2D eigenvalue weighted by Gasteiger charge is -2.07. The Hall–Kier alpha value is -4.79. The molecule has 12 nitrogen and oxygen atoms in total. The molecular weight excluding hydrogens is 727 g/mol. The Morgan fingerprint density at radius 2 is 1.18 bits per heavy atom. The van der Waals surface area contributed by atoms with Crippen molar-refractivity contribution in [2.24, 2.45) is 0 Å². The molecule has 0 N–H and O–H groups in total. The van der Waals surface area contributed by atoms with E-state index >= 15 is 0 Å². The zero-order valence-corrected chi connectivity index (χ0v) is 28.0. The van der Waals surface area contributed by atoms with Gasteiger partial charge in [0.25, 0.3) is 0 Å². The Labute approximate surface area is 278 Å². The van der Waals surface area contributed by atoms with E-state index in [4.69, 9.17) is 24.2 Å². The van der Waals surface area contributed by atoms with Gasteiger partial charge in [0.2, 0.25) is 9.92 Å². The van der Waals surface area contributed by atoms with Crippen LogP contribution in [0.1, 0.15) is 5.69 Å². The first-order valence-electron chi connectivity index (χ1n) is 13.1. The van der Waals surface area contributed by atoms with Crippen molar-refractivity contribution in [1.29, 1.82) is 5.26 Å². The third-order valence-corrected chi connectivity index (χ3v) is 9.24. The number of rotatable bonds is 7. The molecule has 0 bridgehead atoms. The Balaban J connectivity index is 0.000000167. The first-order valence-corrected chi connectivity index (χ1v) is 15.8. The van der Waals surface area contributed by atoms with Gasteiger partial charge < -0.3 is 18.9 Å². The van der Waals surface area contributed by atoms with Crippen LogP contribution in [0, 0.1) is 15.0 Å². The van der Waals surface area contributed by atoms with E-state index < -0.39 is 0 Å². The van der Waals surface area contributed by atoms with Crippen molar-refractivity contribution < 1.29 is 18.9 Å². The second-order valence-electron chi connectivity index (χ2n) is 9.11. The number of benzene rings is 2. The van der Waals surface area contributed by atoms with Crippen molar-refractivity contribution in [3.05, 3.63) is 76.5 Å². The van der Waals surface area contributed by atoms with Gasteiger partial charge in [-0.3, -0.25) is 0 Å². The topological polar surface area (TPSA) is 134 Å². The molecule has 5 heterocycles. The fourth-order valence-electron chi connectivity index (χ4n) is 4.34. The van der Waals surface area contributed by atoms with E-state index in [1.54, 1.807) is 68.9 Å². The molecule has 5 aromatic heterocycles. The number of pyridine rings is 1. The number of fused-ring (bicyclic) bond motifs is 2. The largest absolute Gasteiger partial charge is 0.493 e. The second-order valence-corrected chi connectivity index (χ2v) is 12.1. The van der Waals surface area contributed by atoms with E-state index in [1.165, 1.54) is 11.3 Å². The minimum atomic E-state index is 0.374. The minimum absolute atomic E-state index is 0.374. The van der Waals surface area contributed by atoms with E-state index in [9.17, 15) is 0 Å². The van der Waals surface area contributed by atoms with Crippen LogP contribution in [-0.2, 0) is 0 Å². The summed E-state index contributed by atoms with van der Waals surface area (Å²) < 4.78 is 25.8. The van der Waals surface area contributed by atoms with E-state index in [1.807, 2.05) is 53.0 Å². The molecule has 15 heteroatoms. The highest BCUT2D eigenvalue weighted by molar-refractivity contribution is 14.1. The van der Waals surface area contributed by atoms with Crippen LogP contribution in [-0.4, -0.2) is 62.6 Å². The monoisotopic (exact) mass is 750 g/mol.